The number of nitrogens with one attached hydrogen (secondary N) is 1. The zero-order valence-electron chi connectivity index (χ0n) is 10.8. The van der Waals surface area contributed by atoms with Crippen LogP contribution in [-0.4, -0.2) is 46.5 Å². The Morgan fingerprint density at radius 1 is 1.50 bits per heavy atom. The Kier molecular flexibility index (Phi) is 4.96. The van der Waals surface area contributed by atoms with Gasteiger partial charge in [-0.3, -0.25) is 4.79 Å². The van der Waals surface area contributed by atoms with Crippen LogP contribution in [0, 0.1) is 0 Å². The maximum absolute atomic E-state index is 11.7. The van der Waals surface area contributed by atoms with E-state index >= 15 is 0 Å². The number of hydrogen-bond acceptors (Lipinski definition) is 3. The van der Waals surface area contributed by atoms with E-state index < -0.39 is 0 Å². The predicted octanol–water partition coefficient (Wildman–Crippen LogP) is 1.82. The lowest BCUT2D eigenvalue weighted by Crippen LogP contribution is -2.38. The summed E-state index contributed by atoms with van der Waals surface area (Å²) in [6.07, 6.45) is 6.20. The lowest BCUT2D eigenvalue weighted by Gasteiger charge is -2.29. The fourth-order valence-corrected chi connectivity index (χ4v) is 2.49. The number of ketones is 1. The number of H-pyrrole nitrogens is 1. The van der Waals surface area contributed by atoms with Crippen molar-refractivity contribution in [2.75, 3.05) is 19.6 Å². The molecule has 2 heterocycles. The normalized spacial score (nSPS) is 21.1. The molecule has 0 spiro atoms. The van der Waals surface area contributed by atoms with Crippen molar-refractivity contribution in [3.05, 3.63) is 24.0 Å². The smallest absolute Gasteiger partial charge is 0.178 e. The van der Waals surface area contributed by atoms with Gasteiger partial charge in [-0.1, -0.05) is 0 Å². The summed E-state index contributed by atoms with van der Waals surface area (Å²) in [5, 5.41) is 9.55. The highest BCUT2D eigenvalue weighted by atomic mass is 16.3. The zero-order chi connectivity index (χ0) is 12.8. The van der Waals surface area contributed by atoms with Gasteiger partial charge in [0.05, 0.1) is 11.8 Å². The van der Waals surface area contributed by atoms with Gasteiger partial charge in [-0.2, -0.15) is 0 Å². The van der Waals surface area contributed by atoms with Gasteiger partial charge in [0, 0.05) is 19.2 Å². The first-order valence-corrected chi connectivity index (χ1v) is 6.83. The number of likely N-dealkylation sites (tertiary alicyclic amines) is 1. The maximum Gasteiger partial charge on any atom is 0.178 e. The fraction of sp³-hybridized carbons (Fsp3) is 0.643. The molecule has 1 aromatic heterocycles. The highest BCUT2D eigenvalue weighted by Gasteiger charge is 2.16. The maximum atomic E-state index is 11.7. The number of aliphatic hydroxyl groups excluding tert-OH is 1. The molecular formula is C14H22N2O2. The molecule has 1 aromatic rings. The van der Waals surface area contributed by atoms with Crippen molar-refractivity contribution in [2.45, 2.75) is 38.2 Å². The van der Waals surface area contributed by atoms with Crippen molar-refractivity contribution in [3.63, 3.8) is 0 Å². The molecule has 0 aliphatic carbocycles. The van der Waals surface area contributed by atoms with Crippen molar-refractivity contribution in [1.29, 1.82) is 0 Å². The molecule has 0 amide bonds. The first kappa shape index (κ1) is 13.3. The van der Waals surface area contributed by atoms with E-state index in [-0.39, 0.29) is 11.9 Å². The van der Waals surface area contributed by atoms with Gasteiger partial charge in [0.1, 0.15) is 0 Å². The van der Waals surface area contributed by atoms with Gasteiger partial charge in [0.25, 0.3) is 0 Å². The molecule has 0 aromatic carbocycles. The van der Waals surface area contributed by atoms with E-state index in [2.05, 4.69) is 9.88 Å². The first-order valence-electron chi connectivity index (χ1n) is 6.83. The molecule has 0 radical (unpaired) electrons. The van der Waals surface area contributed by atoms with E-state index in [1.165, 1.54) is 0 Å². The standard InChI is InChI=1S/C14H22N2O2/c17-12-5-4-10-16(11-12)9-2-1-7-14(18)13-6-3-8-15-13/h3,6,8,12,15,17H,1-2,4-5,7,9-11H2. The second kappa shape index (κ2) is 6.71. The Labute approximate surface area is 108 Å². The number of carbonyl (C=O) groups is 1. The number of nitrogens with zero attached hydrogens (tertiary/aromatic N) is 1. The van der Waals surface area contributed by atoms with E-state index in [4.69, 9.17) is 0 Å². The highest BCUT2D eigenvalue weighted by Crippen LogP contribution is 2.11. The SMILES string of the molecule is O=C(CCCCN1CCCC(O)C1)c1ccc[nH]1. The molecule has 4 nitrogen and oxygen atoms in total. The van der Waals surface area contributed by atoms with Crippen molar-refractivity contribution in [1.82, 2.24) is 9.88 Å². The van der Waals surface area contributed by atoms with E-state index in [0.717, 1.165) is 45.3 Å². The fourth-order valence-electron chi connectivity index (χ4n) is 2.49. The third-order valence-corrected chi connectivity index (χ3v) is 3.51. The topological polar surface area (TPSA) is 56.3 Å². The number of carbonyl (C=O) groups excluding carboxylic acids is 1. The number of piperidine rings is 1. The number of aromatic nitrogens is 1. The largest absolute Gasteiger partial charge is 0.392 e. The molecule has 1 saturated heterocycles. The molecule has 1 aliphatic rings. The Bertz CT molecular complexity index is 362. The Hall–Kier alpha value is -1.13. The van der Waals surface area contributed by atoms with Gasteiger partial charge in [-0.15, -0.1) is 0 Å². The van der Waals surface area contributed by atoms with E-state index in [1.807, 2.05) is 12.1 Å². The summed E-state index contributed by atoms with van der Waals surface area (Å²) in [4.78, 5) is 17.0. The highest BCUT2D eigenvalue weighted by molar-refractivity contribution is 5.94. The third kappa shape index (κ3) is 3.96. The van der Waals surface area contributed by atoms with Crippen LogP contribution in [0.3, 0.4) is 0 Å². The predicted molar refractivity (Wildman–Crippen MR) is 70.7 cm³/mol. The molecule has 1 fully saturated rings. The molecule has 1 unspecified atom stereocenters. The number of β-amino-alcohol motifs (C(OH)–C–C–N with tert-alkyl or cyclic N) is 1. The van der Waals surface area contributed by atoms with Gasteiger partial charge in [-0.25, -0.2) is 0 Å². The Morgan fingerprint density at radius 3 is 3.11 bits per heavy atom. The minimum absolute atomic E-state index is 0.153. The minimum Gasteiger partial charge on any atom is -0.392 e. The average molecular weight is 250 g/mol. The van der Waals surface area contributed by atoms with E-state index in [1.54, 1.807) is 6.20 Å². The number of rotatable bonds is 6. The summed E-state index contributed by atoms with van der Waals surface area (Å²) in [7, 11) is 0. The number of Topliss-reactive ketones (excluding diaryl/α,β-unsaturated/α-hetero) is 1. The van der Waals surface area contributed by atoms with Gasteiger partial charge >= 0.3 is 0 Å². The van der Waals surface area contributed by atoms with Crippen LogP contribution in [0.25, 0.3) is 0 Å². The quantitative estimate of drug-likeness (QED) is 0.598. The van der Waals surface area contributed by atoms with E-state index in [0.29, 0.717) is 12.1 Å². The van der Waals surface area contributed by atoms with Crippen LogP contribution in [0.5, 0.6) is 0 Å². The lowest BCUT2D eigenvalue weighted by molar-refractivity contribution is 0.0694. The van der Waals surface area contributed by atoms with Crippen LogP contribution in [0.15, 0.2) is 18.3 Å². The summed E-state index contributed by atoms with van der Waals surface area (Å²) in [6, 6.07) is 3.67. The van der Waals surface area contributed by atoms with Crippen LogP contribution in [0.4, 0.5) is 0 Å². The first-order chi connectivity index (χ1) is 8.75. The van der Waals surface area contributed by atoms with Gasteiger partial charge < -0.3 is 15.0 Å². The molecular weight excluding hydrogens is 228 g/mol. The van der Waals surface area contributed by atoms with Crippen LogP contribution in [0.2, 0.25) is 0 Å². The second-order valence-corrected chi connectivity index (χ2v) is 5.06. The summed E-state index contributed by atoms with van der Waals surface area (Å²) >= 11 is 0. The molecule has 4 heteroatoms. The number of aromatic amines is 1. The van der Waals surface area contributed by atoms with Crippen LogP contribution in [-0.2, 0) is 0 Å². The Morgan fingerprint density at radius 2 is 2.39 bits per heavy atom. The lowest BCUT2D eigenvalue weighted by atomic mass is 10.1. The number of hydrogen-bond donors (Lipinski definition) is 2. The molecule has 2 N–H and O–H groups in total. The summed E-state index contributed by atoms with van der Waals surface area (Å²) in [5.41, 5.74) is 0.711. The molecule has 2 rings (SSSR count). The van der Waals surface area contributed by atoms with Crippen molar-refractivity contribution in [3.8, 4) is 0 Å². The van der Waals surface area contributed by atoms with Gasteiger partial charge in [-0.05, 0) is 50.9 Å². The second-order valence-electron chi connectivity index (χ2n) is 5.06. The van der Waals surface area contributed by atoms with Crippen LogP contribution in [0.1, 0.15) is 42.6 Å². The Balaban J connectivity index is 1.60. The van der Waals surface area contributed by atoms with Crippen molar-refractivity contribution < 1.29 is 9.90 Å². The van der Waals surface area contributed by atoms with Gasteiger partial charge in [0.15, 0.2) is 5.78 Å². The third-order valence-electron chi connectivity index (χ3n) is 3.51. The molecule has 0 saturated carbocycles. The molecule has 0 bridgehead atoms. The van der Waals surface area contributed by atoms with E-state index in [9.17, 15) is 9.90 Å². The minimum atomic E-state index is -0.153. The summed E-state index contributed by atoms with van der Waals surface area (Å²) in [6.45, 7) is 2.88. The number of aliphatic hydroxyl groups is 1. The van der Waals surface area contributed by atoms with Crippen LogP contribution >= 0.6 is 0 Å². The van der Waals surface area contributed by atoms with Gasteiger partial charge in [0.2, 0.25) is 0 Å². The summed E-state index contributed by atoms with van der Waals surface area (Å²) in [5.74, 6) is 0.193. The molecule has 18 heavy (non-hydrogen) atoms. The summed E-state index contributed by atoms with van der Waals surface area (Å²) < 4.78 is 0. The molecule has 1 atom stereocenters. The monoisotopic (exact) mass is 250 g/mol. The zero-order valence-corrected chi connectivity index (χ0v) is 10.8. The molecule has 100 valence electrons. The van der Waals surface area contributed by atoms with Crippen molar-refractivity contribution >= 4 is 5.78 Å². The number of unbranched alkanes of at least 4 members (excludes halogenated alkanes) is 1. The van der Waals surface area contributed by atoms with Crippen LogP contribution < -0.4 is 0 Å². The average Bonchev–Trinajstić information content (AvgIpc) is 2.88. The van der Waals surface area contributed by atoms with Crippen molar-refractivity contribution in [2.24, 2.45) is 0 Å². The molecule has 1 aliphatic heterocycles.